The van der Waals surface area contributed by atoms with Crippen molar-refractivity contribution in [1.29, 1.82) is 0 Å². The number of aromatic nitrogens is 3. The summed E-state index contributed by atoms with van der Waals surface area (Å²) in [5.41, 5.74) is 5.55. The molecule has 2 N–H and O–H groups in total. The Kier molecular flexibility index (Phi) is 7.28. The maximum Gasteiger partial charge on any atom is 0.276 e. The van der Waals surface area contributed by atoms with E-state index in [0.717, 1.165) is 27.8 Å². The lowest BCUT2D eigenvalue weighted by molar-refractivity contribution is 0.102. The van der Waals surface area contributed by atoms with Crippen LogP contribution in [0.1, 0.15) is 29.9 Å². The summed E-state index contributed by atoms with van der Waals surface area (Å²) < 4.78 is 23.5. The number of nitrogens with one attached hydrogen (secondary N) is 2. The number of rotatable bonds is 7. The highest BCUT2D eigenvalue weighted by Gasteiger charge is 2.21. The average molecular weight is 492 g/mol. The Hall–Kier alpha value is -3.56. The van der Waals surface area contributed by atoms with E-state index in [1.165, 1.54) is 0 Å². The molecule has 0 atom stereocenters. The number of H-pyrrole nitrogens is 1. The van der Waals surface area contributed by atoms with E-state index < -0.39 is 9.84 Å². The summed E-state index contributed by atoms with van der Waals surface area (Å²) in [5.74, 6) is 0.0876. The van der Waals surface area contributed by atoms with Crippen LogP contribution in [0.25, 0.3) is 16.5 Å². The molecule has 8 nitrogen and oxygen atoms in total. The van der Waals surface area contributed by atoms with Crippen LogP contribution < -0.4 is 5.32 Å². The van der Waals surface area contributed by atoms with E-state index in [0.29, 0.717) is 36.4 Å². The van der Waals surface area contributed by atoms with Gasteiger partial charge in [0, 0.05) is 31.2 Å². The SMILES string of the molecule is C=C(C)/C=C(\C=C(/C)CN1CCS(=O)(=O)CC1)c1ccc2[nH]nc(C(=O)Nc3cccnc3)c2c1. The lowest BCUT2D eigenvalue weighted by Crippen LogP contribution is -2.40. The van der Waals surface area contributed by atoms with Crippen LogP contribution in [0.4, 0.5) is 5.69 Å². The quantitative estimate of drug-likeness (QED) is 0.486. The van der Waals surface area contributed by atoms with Gasteiger partial charge in [0.1, 0.15) is 0 Å². The highest BCUT2D eigenvalue weighted by Crippen LogP contribution is 2.26. The Morgan fingerprint density at radius 3 is 2.66 bits per heavy atom. The zero-order chi connectivity index (χ0) is 25.0. The number of sulfone groups is 1. The smallest absolute Gasteiger partial charge is 0.276 e. The molecule has 0 spiro atoms. The predicted molar refractivity (Wildman–Crippen MR) is 140 cm³/mol. The van der Waals surface area contributed by atoms with Gasteiger partial charge in [-0.1, -0.05) is 35.9 Å². The highest BCUT2D eigenvalue weighted by atomic mass is 32.2. The first-order chi connectivity index (χ1) is 16.7. The van der Waals surface area contributed by atoms with E-state index in [2.05, 4.69) is 38.1 Å². The fraction of sp³-hybridized carbons (Fsp3) is 0.269. The van der Waals surface area contributed by atoms with Gasteiger partial charge < -0.3 is 5.32 Å². The number of nitrogens with zero attached hydrogens (tertiary/aromatic N) is 3. The molecule has 2 aromatic heterocycles. The second kappa shape index (κ2) is 10.4. The van der Waals surface area contributed by atoms with Crippen LogP contribution in [0.5, 0.6) is 0 Å². The first-order valence-electron chi connectivity index (χ1n) is 11.4. The topological polar surface area (TPSA) is 108 Å². The lowest BCUT2D eigenvalue weighted by atomic mass is 9.99. The number of hydrogen-bond donors (Lipinski definition) is 2. The maximum absolute atomic E-state index is 12.9. The molecular weight excluding hydrogens is 462 g/mol. The summed E-state index contributed by atoms with van der Waals surface area (Å²) >= 11 is 0. The normalized spacial score (nSPS) is 16.9. The summed E-state index contributed by atoms with van der Waals surface area (Å²) in [6.07, 6.45) is 7.32. The Morgan fingerprint density at radius 2 is 1.97 bits per heavy atom. The van der Waals surface area contributed by atoms with Gasteiger partial charge in [-0.15, -0.1) is 0 Å². The number of anilines is 1. The van der Waals surface area contributed by atoms with Crippen molar-refractivity contribution in [2.24, 2.45) is 0 Å². The third-order valence-electron chi connectivity index (χ3n) is 5.74. The van der Waals surface area contributed by atoms with Crippen LogP contribution >= 0.6 is 0 Å². The number of benzene rings is 1. The van der Waals surface area contributed by atoms with Crippen molar-refractivity contribution in [1.82, 2.24) is 20.1 Å². The molecule has 0 bridgehead atoms. The molecule has 35 heavy (non-hydrogen) atoms. The van der Waals surface area contributed by atoms with Crippen LogP contribution in [0.3, 0.4) is 0 Å². The van der Waals surface area contributed by atoms with Gasteiger partial charge in [-0.2, -0.15) is 5.10 Å². The van der Waals surface area contributed by atoms with Crippen LogP contribution in [-0.4, -0.2) is 65.5 Å². The first-order valence-corrected chi connectivity index (χ1v) is 13.2. The van der Waals surface area contributed by atoms with Crippen LogP contribution in [0.2, 0.25) is 0 Å². The Labute approximate surface area is 205 Å². The fourth-order valence-corrected chi connectivity index (χ4v) is 5.32. The maximum atomic E-state index is 12.9. The molecule has 1 aliphatic rings. The Balaban J connectivity index is 1.60. The van der Waals surface area contributed by atoms with E-state index >= 15 is 0 Å². The number of carbonyl (C=O) groups is 1. The third-order valence-corrected chi connectivity index (χ3v) is 7.35. The van der Waals surface area contributed by atoms with E-state index in [1.807, 2.05) is 38.1 Å². The number of allylic oxidation sites excluding steroid dienone is 4. The molecule has 0 aliphatic carbocycles. The van der Waals surface area contributed by atoms with Gasteiger partial charge in [0.15, 0.2) is 15.5 Å². The molecule has 3 heterocycles. The average Bonchev–Trinajstić information content (AvgIpc) is 3.24. The molecule has 4 rings (SSSR count). The summed E-state index contributed by atoms with van der Waals surface area (Å²) in [4.78, 5) is 19.1. The molecule has 1 aliphatic heterocycles. The van der Waals surface area contributed by atoms with Crippen molar-refractivity contribution in [2.45, 2.75) is 13.8 Å². The molecule has 0 unspecified atom stereocenters. The van der Waals surface area contributed by atoms with Crippen molar-refractivity contribution >= 4 is 37.9 Å². The molecule has 9 heteroatoms. The lowest BCUT2D eigenvalue weighted by Gasteiger charge is -2.26. The molecule has 0 radical (unpaired) electrons. The number of pyridine rings is 1. The van der Waals surface area contributed by atoms with Gasteiger partial charge in [-0.05, 0) is 49.2 Å². The second-order valence-electron chi connectivity index (χ2n) is 8.89. The van der Waals surface area contributed by atoms with Crippen molar-refractivity contribution in [2.75, 3.05) is 36.5 Å². The largest absolute Gasteiger partial charge is 0.319 e. The van der Waals surface area contributed by atoms with Crippen molar-refractivity contribution in [3.63, 3.8) is 0 Å². The van der Waals surface area contributed by atoms with Gasteiger partial charge in [0.05, 0.1) is 28.9 Å². The van der Waals surface area contributed by atoms with Crippen molar-refractivity contribution in [3.8, 4) is 0 Å². The minimum atomic E-state index is -2.91. The minimum Gasteiger partial charge on any atom is -0.319 e. The van der Waals surface area contributed by atoms with E-state index in [1.54, 1.807) is 24.5 Å². The molecule has 1 saturated heterocycles. The zero-order valence-corrected chi connectivity index (χ0v) is 20.7. The molecule has 182 valence electrons. The van der Waals surface area contributed by atoms with Gasteiger partial charge in [-0.3, -0.25) is 19.8 Å². The second-order valence-corrected chi connectivity index (χ2v) is 11.2. The molecule has 1 amide bonds. The summed E-state index contributed by atoms with van der Waals surface area (Å²) in [7, 11) is -2.91. The standard InChI is InChI=1S/C26H29N5O3S/c1-18(2)13-21(14-19(3)17-31-9-11-35(33,34)12-10-31)20-6-7-24-23(15-20)25(30-29-24)26(32)28-22-5-4-8-27-16-22/h4-8,13-16H,1,9-12,17H2,2-3H3,(H,28,32)(H,29,30)/b19-14+,21-13+. The van der Waals surface area contributed by atoms with Gasteiger partial charge in [0.2, 0.25) is 0 Å². The monoisotopic (exact) mass is 491 g/mol. The Bertz CT molecular complexity index is 1410. The van der Waals surface area contributed by atoms with E-state index in [4.69, 9.17) is 0 Å². The molecule has 1 fully saturated rings. The number of hydrogen-bond acceptors (Lipinski definition) is 6. The van der Waals surface area contributed by atoms with Gasteiger partial charge in [-0.25, -0.2) is 8.42 Å². The predicted octanol–water partition coefficient (Wildman–Crippen LogP) is 3.85. The highest BCUT2D eigenvalue weighted by molar-refractivity contribution is 7.91. The summed E-state index contributed by atoms with van der Waals surface area (Å²) in [6.45, 7) is 9.79. The third kappa shape index (κ3) is 6.32. The number of amides is 1. The molecular formula is C26H29N5O3S. The number of carbonyl (C=O) groups excluding carboxylic acids is 1. The zero-order valence-electron chi connectivity index (χ0n) is 19.9. The summed E-state index contributed by atoms with van der Waals surface area (Å²) in [6, 6.07) is 9.36. The van der Waals surface area contributed by atoms with Crippen LogP contribution in [0.15, 0.2) is 72.6 Å². The molecule has 1 aromatic carbocycles. The Morgan fingerprint density at radius 1 is 1.20 bits per heavy atom. The molecule has 0 saturated carbocycles. The van der Waals surface area contributed by atoms with Gasteiger partial charge >= 0.3 is 0 Å². The first kappa shape index (κ1) is 24.6. The van der Waals surface area contributed by atoms with Crippen LogP contribution in [-0.2, 0) is 9.84 Å². The van der Waals surface area contributed by atoms with Crippen LogP contribution in [0, 0.1) is 0 Å². The minimum absolute atomic E-state index is 0.204. The van der Waals surface area contributed by atoms with E-state index in [-0.39, 0.29) is 17.4 Å². The van der Waals surface area contributed by atoms with Crippen molar-refractivity contribution < 1.29 is 13.2 Å². The molecule has 3 aromatic rings. The van der Waals surface area contributed by atoms with Crippen molar-refractivity contribution in [3.05, 3.63) is 83.9 Å². The van der Waals surface area contributed by atoms with E-state index in [9.17, 15) is 13.2 Å². The number of aromatic amines is 1. The fourth-order valence-electron chi connectivity index (χ4n) is 4.04. The summed E-state index contributed by atoms with van der Waals surface area (Å²) in [5, 5.41) is 10.7. The van der Waals surface area contributed by atoms with Gasteiger partial charge in [0.25, 0.3) is 5.91 Å². The number of fused-ring (bicyclic) bond motifs is 1.